The van der Waals surface area contributed by atoms with Crippen LogP contribution < -0.4 is 0 Å². The Hall–Kier alpha value is -1.61. The normalized spacial score (nSPS) is 16.6. The van der Waals surface area contributed by atoms with Crippen molar-refractivity contribution in [3.8, 4) is 0 Å². The molecule has 1 unspecified atom stereocenters. The lowest BCUT2D eigenvalue weighted by Gasteiger charge is -1.91. The molecule has 1 aromatic carbocycles. The van der Waals surface area contributed by atoms with Gasteiger partial charge in [-0.25, -0.2) is 0 Å². The average molecular weight is 220 g/mol. The minimum atomic E-state index is 0.199. The Bertz CT molecular complexity index is 304. The van der Waals surface area contributed by atoms with E-state index in [1.807, 2.05) is 24.3 Å². The van der Waals surface area contributed by atoms with Gasteiger partial charge in [0, 0.05) is 0 Å². The monoisotopic (exact) mass is 220 g/mol. The molecular weight excluding hydrogens is 204 g/mol. The molecule has 3 nitrogen and oxygen atoms in total. The summed E-state index contributed by atoms with van der Waals surface area (Å²) in [6, 6.07) is 10.3. The lowest BCUT2D eigenvalue weighted by molar-refractivity contribution is -0.129. The predicted octanol–water partition coefficient (Wildman–Crippen LogP) is 1.97. The number of ether oxygens (including phenoxy) is 2. The van der Waals surface area contributed by atoms with Gasteiger partial charge in [-0.3, -0.25) is 4.79 Å². The van der Waals surface area contributed by atoms with Crippen LogP contribution in [0.3, 0.4) is 0 Å². The van der Waals surface area contributed by atoms with Gasteiger partial charge in [-0.1, -0.05) is 36.4 Å². The van der Waals surface area contributed by atoms with Crippen LogP contribution in [0.5, 0.6) is 0 Å². The molecule has 0 aliphatic carbocycles. The molecule has 0 radical (unpaired) electrons. The predicted molar refractivity (Wildman–Crippen MR) is 62.1 cm³/mol. The van der Waals surface area contributed by atoms with Crippen molar-refractivity contribution >= 4 is 6.47 Å². The van der Waals surface area contributed by atoms with Gasteiger partial charge >= 0.3 is 0 Å². The molecule has 0 N–H and O–H groups in total. The van der Waals surface area contributed by atoms with Crippen molar-refractivity contribution < 1.29 is 14.3 Å². The van der Waals surface area contributed by atoms with Gasteiger partial charge in [0.25, 0.3) is 6.47 Å². The minimum absolute atomic E-state index is 0.199. The smallest absolute Gasteiger partial charge is 0.293 e. The minimum Gasteiger partial charge on any atom is -0.465 e. The Balaban J connectivity index is 0.000000165. The molecule has 16 heavy (non-hydrogen) atoms. The fourth-order valence-electron chi connectivity index (χ4n) is 1.09. The second-order valence-electron chi connectivity index (χ2n) is 3.36. The zero-order valence-corrected chi connectivity index (χ0v) is 9.17. The summed E-state index contributed by atoms with van der Waals surface area (Å²) in [7, 11) is 0. The summed E-state index contributed by atoms with van der Waals surface area (Å²) >= 11 is 0. The number of hydrogen-bond donors (Lipinski definition) is 0. The molecule has 1 fully saturated rings. The largest absolute Gasteiger partial charge is 0.465 e. The van der Waals surface area contributed by atoms with Gasteiger partial charge in [-0.05, 0) is 12.0 Å². The van der Waals surface area contributed by atoms with E-state index in [0.29, 0.717) is 13.1 Å². The molecule has 86 valence electrons. The Morgan fingerprint density at radius 2 is 2.12 bits per heavy atom. The van der Waals surface area contributed by atoms with Crippen molar-refractivity contribution in [2.75, 3.05) is 13.2 Å². The quantitative estimate of drug-likeness (QED) is 0.432. The van der Waals surface area contributed by atoms with E-state index < -0.39 is 0 Å². The molecule has 1 aromatic rings. The van der Waals surface area contributed by atoms with Crippen LogP contribution in [0.15, 0.2) is 43.0 Å². The lowest BCUT2D eigenvalue weighted by Crippen LogP contribution is -1.97. The molecule has 1 aliphatic rings. The third kappa shape index (κ3) is 5.98. The summed E-state index contributed by atoms with van der Waals surface area (Å²) in [6.07, 6.45) is 3.08. The Kier molecular flexibility index (Phi) is 5.96. The zero-order valence-electron chi connectivity index (χ0n) is 9.17. The maximum absolute atomic E-state index is 9.46. The molecule has 0 bridgehead atoms. The lowest BCUT2D eigenvalue weighted by atomic mass is 10.2. The van der Waals surface area contributed by atoms with Crippen LogP contribution in [0, 0.1) is 0 Å². The fourth-order valence-corrected chi connectivity index (χ4v) is 1.09. The molecule has 1 saturated heterocycles. The van der Waals surface area contributed by atoms with Gasteiger partial charge in [-0.15, -0.1) is 6.58 Å². The first kappa shape index (κ1) is 12.5. The third-order valence-electron chi connectivity index (χ3n) is 1.98. The number of benzene rings is 1. The van der Waals surface area contributed by atoms with Crippen LogP contribution in [-0.2, 0) is 20.7 Å². The number of hydrogen-bond acceptors (Lipinski definition) is 3. The molecule has 2 rings (SSSR count). The summed E-state index contributed by atoms with van der Waals surface area (Å²) in [4.78, 5) is 9.46. The van der Waals surface area contributed by atoms with Crippen LogP contribution in [0.1, 0.15) is 5.56 Å². The van der Waals surface area contributed by atoms with Crippen molar-refractivity contribution in [1.82, 2.24) is 0 Å². The number of allylic oxidation sites excluding steroid dienone is 1. The Morgan fingerprint density at radius 1 is 1.44 bits per heavy atom. The number of epoxide rings is 1. The van der Waals surface area contributed by atoms with E-state index in [9.17, 15) is 4.79 Å². The van der Waals surface area contributed by atoms with Crippen LogP contribution in [0.4, 0.5) is 0 Å². The highest BCUT2D eigenvalue weighted by atomic mass is 16.6. The van der Waals surface area contributed by atoms with E-state index in [1.54, 1.807) is 0 Å². The number of carbonyl (C=O) groups excluding carboxylic acids is 1. The van der Waals surface area contributed by atoms with Crippen LogP contribution in [-0.4, -0.2) is 25.8 Å². The molecule has 1 heterocycles. The molecule has 0 amide bonds. The SMILES string of the molecule is C=CCc1ccccc1.O=COCC1CO1. The number of rotatable bonds is 5. The first-order valence-corrected chi connectivity index (χ1v) is 5.18. The van der Waals surface area contributed by atoms with Gasteiger partial charge in [0.05, 0.1) is 6.61 Å². The topological polar surface area (TPSA) is 38.8 Å². The number of carbonyl (C=O) groups is 1. The molecule has 0 saturated carbocycles. The van der Waals surface area contributed by atoms with Gasteiger partial charge in [0.1, 0.15) is 12.7 Å². The van der Waals surface area contributed by atoms with E-state index in [0.717, 1.165) is 13.0 Å². The highest BCUT2D eigenvalue weighted by molar-refractivity contribution is 5.36. The van der Waals surface area contributed by atoms with E-state index in [4.69, 9.17) is 4.74 Å². The second-order valence-corrected chi connectivity index (χ2v) is 3.36. The maximum Gasteiger partial charge on any atom is 0.293 e. The third-order valence-corrected chi connectivity index (χ3v) is 1.98. The van der Waals surface area contributed by atoms with Crippen LogP contribution in [0.25, 0.3) is 0 Å². The van der Waals surface area contributed by atoms with E-state index in [1.165, 1.54) is 5.56 Å². The van der Waals surface area contributed by atoms with Crippen molar-refractivity contribution in [2.24, 2.45) is 0 Å². The van der Waals surface area contributed by atoms with E-state index in [2.05, 4.69) is 23.4 Å². The average Bonchev–Trinajstić information content (AvgIpc) is 3.13. The van der Waals surface area contributed by atoms with Crippen molar-refractivity contribution in [3.05, 3.63) is 48.6 Å². The summed E-state index contributed by atoms with van der Waals surface area (Å²) < 4.78 is 9.08. The van der Waals surface area contributed by atoms with Crippen LogP contribution in [0.2, 0.25) is 0 Å². The molecule has 1 aliphatic heterocycles. The standard InChI is InChI=1S/C9H10.C4H6O3/c1-2-6-9-7-4-3-5-8-9;5-3-6-1-4-2-7-4/h2-5,7-8H,1,6H2;3-4H,1-2H2. The van der Waals surface area contributed by atoms with Crippen LogP contribution >= 0.6 is 0 Å². The Morgan fingerprint density at radius 3 is 2.62 bits per heavy atom. The zero-order chi connectivity index (χ0) is 11.6. The highest BCUT2D eigenvalue weighted by Crippen LogP contribution is 2.07. The van der Waals surface area contributed by atoms with E-state index >= 15 is 0 Å². The first-order valence-electron chi connectivity index (χ1n) is 5.18. The summed E-state index contributed by atoms with van der Waals surface area (Å²) in [6.45, 7) is 5.25. The van der Waals surface area contributed by atoms with Crippen molar-refractivity contribution in [3.63, 3.8) is 0 Å². The summed E-state index contributed by atoms with van der Waals surface area (Å²) in [5.41, 5.74) is 1.33. The van der Waals surface area contributed by atoms with E-state index in [-0.39, 0.29) is 6.10 Å². The summed E-state index contributed by atoms with van der Waals surface area (Å²) in [5.74, 6) is 0. The highest BCUT2D eigenvalue weighted by Gasteiger charge is 2.22. The molecule has 0 aromatic heterocycles. The van der Waals surface area contributed by atoms with Gasteiger partial charge in [0.15, 0.2) is 0 Å². The molecule has 3 heteroatoms. The summed E-state index contributed by atoms with van der Waals surface area (Å²) in [5, 5.41) is 0. The van der Waals surface area contributed by atoms with Crippen molar-refractivity contribution in [1.29, 1.82) is 0 Å². The molecular formula is C13H16O3. The maximum atomic E-state index is 9.46. The van der Waals surface area contributed by atoms with Gasteiger partial charge in [-0.2, -0.15) is 0 Å². The van der Waals surface area contributed by atoms with Crippen molar-refractivity contribution in [2.45, 2.75) is 12.5 Å². The van der Waals surface area contributed by atoms with Gasteiger partial charge < -0.3 is 9.47 Å². The second kappa shape index (κ2) is 7.65. The Labute approximate surface area is 95.7 Å². The fraction of sp³-hybridized carbons (Fsp3) is 0.308. The molecule has 1 atom stereocenters. The first-order chi connectivity index (χ1) is 7.86. The molecule has 0 spiro atoms. The van der Waals surface area contributed by atoms with Gasteiger partial charge in [0.2, 0.25) is 0 Å².